The van der Waals surface area contributed by atoms with Gasteiger partial charge in [-0.25, -0.2) is 4.79 Å². The molecule has 2 N–H and O–H groups in total. The largest absolute Gasteiger partial charge is 0.465 e. The first-order chi connectivity index (χ1) is 7.16. The zero-order valence-corrected chi connectivity index (χ0v) is 10.2. The Morgan fingerprint density at radius 1 is 1.80 bits per heavy atom. The molecule has 1 aromatic heterocycles. The van der Waals surface area contributed by atoms with Gasteiger partial charge in [0.1, 0.15) is 6.10 Å². The second kappa shape index (κ2) is 4.51. The average Bonchev–Trinajstić information content (AvgIpc) is 2.55. The van der Waals surface area contributed by atoms with E-state index >= 15 is 0 Å². The van der Waals surface area contributed by atoms with Gasteiger partial charge >= 0.3 is 6.09 Å². The van der Waals surface area contributed by atoms with Crippen molar-refractivity contribution < 1.29 is 14.6 Å². The highest BCUT2D eigenvalue weighted by Crippen LogP contribution is 2.35. The fourth-order valence-corrected chi connectivity index (χ4v) is 3.36. The Labute approximate surface area is 99.4 Å². The van der Waals surface area contributed by atoms with Crippen molar-refractivity contribution in [1.82, 2.24) is 5.32 Å². The third-order valence-electron chi connectivity index (χ3n) is 2.25. The minimum atomic E-state index is -1.01. The van der Waals surface area contributed by atoms with E-state index < -0.39 is 6.09 Å². The van der Waals surface area contributed by atoms with Crippen LogP contribution in [0.4, 0.5) is 4.79 Å². The summed E-state index contributed by atoms with van der Waals surface area (Å²) in [5.74, 6) is 0. The highest BCUT2D eigenvalue weighted by Gasteiger charge is 2.23. The molecular formula is C9H10BrNO3S. The molecule has 0 saturated carbocycles. The Hall–Kier alpha value is -0.590. The Balaban J connectivity index is 2.11. The minimum absolute atomic E-state index is 0.146. The van der Waals surface area contributed by atoms with Crippen LogP contribution in [0.2, 0.25) is 0 Å². The van der Waals surface area contributed by atoms with E-state index in [-0.39, 0.29) is 6.10 Å². The topological polar surface area (TPSA) is 58.6 Å². The van der Waals surface area contributed by atoms with Crippen LogP contribution in [-0.2, 0) is 11.2 Å². The molecule has 6 heteroatoms. The van der Waals surface area contributed by atoms with E-state index in [0.29, 0.717) is 13.2 Å². The summed E-state index contributed by atoms with van der Waals surface area (Å²) in [5, 5.41) is 10.9. The first-order valence-corrected chi connectivity index (χ1v) is 6.14. The summed E-state index contributed by atoms with van der Waals surface area (Å²) in [6, 6.07) is 2.01. The van der Waals surface area contributed by atoms with Crippen molar-refractivity contribution in [2.24, 2.45) is 0 Å². The molecule has 2 rings (SSSR count). The molecular weight excluding hydrogens is 282 g/mol. The Morgan fingerprint density at radius 3 is 3.33 bits per heavy atom. The van der Waals surface area contributed by atoms with Crippen molar-refractivity contribution in [3.8, 4) is 0 Å². The highest BCUT2D eigenvalue weighted by atomic mass is 79.9. The smallest absolute Gasteiger partial charge is 0.404 e. The second-order valence-corrected chi connectivity index (χ2v) is 5.74. The molecule has 15 heavy (non-hydrogen) atoms. The van der Waals surface area contributed by atoms with Crippen molar-refractivity contribution in [1.29, 1.82) is 0 Å². The van der Waals surface area contributed by atoms with E-state index in [1.54, 1.807) is 11.3 Å². The molecule has 82 valence electrons. The maximum absolute atomic E-state index is 10.4. The Kier molecular flexibility index (Phi) is 3.28. The third kappa shape index (κ3) is 2.50. The number of nitrogens with one attached hydrogen (secondary N) is 1. The fourth-order valence-electron chi connectivity index (χ4n) is 1.61. The molecule has 1 aliphatic heterocycles. The number of hydrogen-bond donors (Lipinski definition) is 2. The Bertz CT molecular complexity index is 379. The summed E-state index contributed by atoms with van der Waals surface area (Å²) in [4.78, 5) is 11.7. The van der Waals surface area contributed by atoms with Crippen molar-refractivity contribution >= 4 is 33.4 Å². The summed E-state index contributed by atoms with van der Waals surface area (Å²) in [6.45, 7) is 0.970. The SMILES string of the molecule is O=C(O)NCC1OCCc2sc(Br)cc21. The molecule has 0 aliphatic carbocycles. The van der Waals surface area contributed by atoms with Gasteiger partial charge in [0, 0.05) is 11.3 Å². The number of halogens is 1. The molecule has 1 unspecified atom stereocenters. The molecule has 2 heterocycles. The van der Waals surface area contributed by atoms with Gasteiger partial charge in [-0.1, -0.05) is 0 Å². The lowest BCUT2D eigenvalue weighted by Crippen LogP contribution is -2.30. The summed E-state index contributed by atoms with van der Waals surface area (Å²) in [6.07, 6.45) is -0.248. The van der Waals surface area contributed by atoms with Crippen LogP contribution in [0.3, 0.4) is 0 Å². The summed E-state index contributed by atoms with van der Waals surface area (Å²) < 4.78 is 6.60. The van der Waals surface area contributed by atoms with E-state index in [9.17, 15) is 4.79 Å². The van der Waals surface area contributed by atoms with Crippen LogP contribution in [0.15, 0.2) is 9.85 Å². The second-order valence-electron chi connectivity index (χ2n) is 3.22. The number of ether oxygens (including phenoxy) is 1. The molecule has 1 aromatic rings. The minimum Gasteiger partial charge on any atom is -0.465 e. The Morgan fingerprint density at radius 2 is 2.60 bits per heavy atom. The number of fused-ring (bicyclic) bond motifs is 1. The van der Waals surface area contributed by atoms with Crippen molar-refractivity contribution in [3.05, 3.63) is 20.3 Å². The van der Waals surface area contributed by atoms with Crippen molar-refractivity contribution in [3.63, 3.8) is 0 Å². The van der Waals surface area contributed by atoms with Gasteiger partial charge in [-0.2, -0.15) is 0 Å². The molecule has 4 nitrogen and oxygen atoms in total. The van der Waals surface area contributed by atoms with E-state index in [2.05, 4.69) is 21.2 Å². The van der Waals surface area contributed by atoms with Crippen molar-refractivity contribution in [2.75, 3.05) is 13.2 Å². The van der Waals surface area contributed by atoms with Crippen LogP contribution in [0.5, 0.6) is 0 Å². The van der Waals surface area contributed by atoms with Crippen LogP contribution >= 0.6 is 27.3 Å². The summed E-state index contributed by atoms with van der Waals surface area (Å²) >= 11 is 5.12. The van der Waals surface area contributed by atoms with Crippen LogP contribution in [0.25, 0.3) is 0 Å². The molecule has 0 fully saturated rings. The zero-order valence-electron chi connectivity index (χ0n) is 7.83. The van der Waals surface area contributed by atoms with E-state index in [4.69, 9.17) is 9.84 Å². The number of carboxylic acid groups (broad SMARTS) is 1. The van der Waals surface area contributed by atoms with E-state index in [1.165, 1.54) is 4.88 Å². The maximum Gasteiger partial charge on any atom is 0.404 e. The molecule has 1 amide bonds. The van der Waals surface area contributed by atoms with Crippen LogP contribution in [-0.4, -0.2) is 24.4 Å². The lowest BCUT2D eigenvalue weighted by atomic mass is 10.1. The van der Waals surface area contributed by atoms with Crippen LogP contribution in [0, 0.1) is 0 Å². The van der Waals surface area contributed by atoms with Crippen LogP contribution < -0.4 is 5.32 Å². The summed E-state index contributed by atoms with van der Waals surface area (Å²) in [7, 11) is 0. The molecule has 0 aromatic carbocycles. The predicted octanol–water partition coefficient (Wildman–Crippen LogP) is 2.39. The van der Waals surface area contributed by atoms with Crippen LogP contribution in [0.1, 0.15) is 16.5 Å². The number of thiophene rings is 1. The van der Waals surface area contributed by atoms with Gasteiger partial charge in [0.15, 0.2) is 0 Å². The first kappa shape index (κ1) is 10.9. The van der Waals surface area contributed by atoms with E-state index in [1.807, 2.05) is 6.07 Å². The highest BCUT2D eigenvalue weighted by molar-refractivity contribution is 9.11. The quantitative estimate of drug-likeness (QED) is 0.880. The first-order valence-electron chi connectivity index (χ1n) is 4.53. The molecule has 0 spiro atoms. The van der Waals surface area contributed by atoms with Gasteiger partial charge in [-0.15, -0.1) is 11.3 Å². The number of amides is 1. The fraction of sp³-hybridized carbons (Fsp3) is 0.444. The van der Waals surface area contributed by atoms with Gasteiger partial charge in [0.2, 0.25) is 0 Å². The third-order valence-corrected chi connectivity index (χ3v) is 3.96. The number of hydrogen-bond acceptors (Lipinski definition) is 3. The molecule has 0 bridgehead atoms. The van der Waals surface area contributed by atoms with Gasteiger partial charge in [-0.05, 0) is 27.6 Å². The number of carbonyl (C=O) groups is 1. The monoisotopic (exact) mass is 291 g/mol. The summed E-state index contributed by atoms with van der Waals surface area (Å²) in [5.41, 5.74) is 1.10. The van der Waals surface area contributed by atoms with Gasteiger partial charge < -0.3 is 15.2 Å². The lowest BCUT2D eigenvalue weighted by Gasteiger charge is -2.22. The molecule has 0 radical (unpaired) electrons. The molecule has 1 atom stereocenters. The predicted molar refractivity (Wildman–Crippen MR) is 60.4 cm³/mol. The average molecular weight is 292 g/mol. The molecule has 1 aliphatic rings. The standard InChI is InChI=1S/C9H10BrNO3S/c10-8-3-5-6(4-11-9(12)13)14-2-1-7(5)15-8/h3,6,11H,1-2,4H2,(H,12,13). The zero-order chi connectivity index (χ0) is 10.8. The normalized spacial score (nSPS) is 19.7. The molecule has 0 saturated heterocycles. The van der Waals surface area contributed by atoms with Gasteiger partial charge in [0.25, 0.3) is 0 Å². The lowest BCUT2D eigenvalue weighted by molar-refractivity contribution is 0.0439. The number of rotatable bonds is 2. The van der Waals surface area contributed by atoms with Gasteiger partial charge in [-0.3, -0.25) is 0 Å². The van der Waals surface area contributed by atoms with E-state index in [0.717, 1.165) is 15.8 Å². The van der Waals surface area contributed by atoms with Crippen molar-refractivity contribution in [2.45, 2.75) is 12.5 Å². The maximum atomic E-state index is 10.4. The van der Waals surface area contributed by atoms with Gasteiger partial charge in [0.05, 0.1) is 16.9 Å².